The molecule has 2 rings (SSSR count). The highest BCUT2D eigenvalue weighted by Crippen LogP contribution is 2.31. The van der Waals surface area contributed by atoms with Crippen LogP contribution >= 0.6 is 0 Å². The van der Waals surface area contributed by atoms with Gasteiger partial charge in [-0.2, -0.15) is 0 Å². The lowest BCUT2D eigenvalue weighted by atomic mass is 9.80. The maximum absolute atomic E-state index is 10.0. The molecule has 2 N–H and O–H groups in total. The number of ether oxygens (including phenoxy) is 2. The second-order valence-electron chi connectivity index (χ2n) is 5.52. The molecule has 0 radical (unpaired) electrons. The molecule has 0 saturated heterocycles. The first-order valence-corrected chi connectivity index (χ1v) is 7.40. The Morgan fingerprint density at radius 2 is 2.10 bits per heavy atom. The second kappa shape index (κ2) is 6.95. The van der Waals surface area contributed by atoms with Crippen molar-refractivity contribution >= 4 is 0 Å². The van der Waals surface area contributed by atoms with E-state index in [4.69, 9.17) is 9.47 Å². The van der Waals surface area contributed by atoms with Gasteiger partial charge in [-0.05, 0) is 43.4 Å². The summed E-state index contributed by atoms with van der Waals surface area (Å²) in [6, 6.07) is 5.97. The summed E-state index contributed by atoms with van der Waals surface area (Å²) in [6.07, 6.45) is 3.93. The van der Waals surface area contributed by atoms with Crippen LogP contribution < -0.4 is 14.8 Å². The summed E-state index contributed by atoms with van der Waals surface area (Å²) >= 11 is 0. The fourth-order valence-corrected chi connectivity index (χ4v) is 2.35. The Kier molecular flexibility index (Phi) is 5.26. The third-order valence-corrected chi connectivity index (χ3v) is 3.76. The Balaban J connectivity index is 1.88. The summed E-state index contributed by atoms with van der Waals surface area (Å²) < 4.78 is 11.0. The van der Waals surface area contributed by atoms with Crippen molar-refractivity contribution in [1.82, 2.24) is 5.32 Å². The fourth-order valence-electron chi connectivity index (χ4n) is 2.35. The van der Waals surface area contributed by atoms with Gasteiger partial charge in [-0.3, -0.25) is 0 Å². The lowest BCUT2D eigenvalue weighted by Gasteiger charge is -2.36. The van der Waals surface area contributed by atoms with Gasteiger partial charge in [-0.15, -0.1) is 0 Å². The number of rotatable bonds is 8. The molecule has 0 heterocycles. The van der Waals surface area contributed by atoms with E-state index in [0.29, 0.717) is 13.2 Å². The average Bonchev–Trinajstić information content (AvgIpc) is 2.43. The number of benzene rings is 1. The Labute approximate surface area is 121 Å². The molecule has 0 amide bonds. The number of hydrogen-bond donors (Lipinski definition) is 2. The SMILES string of the molecule is CCCOc1ccc(CNCC2(O)CCC2)cc1OC. The van der Waals surface area contributed by atoms with Gasteiger partial charge in [0.1, 0.15) is 0 Å². The minimum Gasteiger partial charge on any atom is -0.493 e. The van der Waals surface area contributed by atoms with E-state index in [1.54, 1.807) is 7.11 Å². The maximum Gasteiger partial charge on any atom is 0.161 e. The Bertz CT molecular complexity index is 430. The summed E-state index contributed by atoms with van der Waals surface area (Å²) in [5.41, 5.74) is 0.655. The molecule has 20 heavy (non-hydrogen) atoms. The van der Waals surface area contributed by atoms with E-state index in [-0.39, 0.29) is 0 Å². The van der Waals surface area contributed by atoms with E-state index in [1.165, 1.54) is 0 Å². The molecule has 4 heteroatoms. The van der Waals surface area contributed by atoms with Crippen LogP contribution in [0.2, 0.25) is 0 Å². The van der Waals surface area contributed by atoms with Crippen LogP contribution in [0.5, 0.6) is 11.5 Å². The standard InChI is InChI=1S/C16H25NO3/c1-3-9-20-14-6-5-13(10-15(14)19-2)11-17-12-16(18)7-4-8-16/h5-6,10,17-18H,3-4,7-9,11-12H2,1-2H3. The van der Waals surface area contributed by atoms with Crippen molar-refractivity contribution < 1.29 is 14.6 Å². The lowest BCUT2D eigenvalue weighted by Crippen LogP contribution is -2.45. The molecular formula is C16H25NO3. The summed E-state index contributed by atoms with van der Waals surface area (Å²) in [4.78, 5) is 0. The highest BCUT2D eigenvalue weighted by atomic mass is 16.5. The normalized spacial score (nSPS) is 16.6. The summed E-state index contributed by atoms with van der Waals surface area (Å²) in [7, 11) is 1.66. The fraction of sp³-hybridized carbons (Fsp3) is 0.625. The van der Waals surface area contributed by atoms with Gasteiger partial charge in [0.15, 0.2) is 11.5 Å². The van der Waals surface area contributed by atoms with E-state index in [1.807, 2.05) is 18.2 Å². The van der Waals surface area contributed by atoms with Gasteiger partial charge < -0.3 is 19.9 Å². The second-order valence-corrected chi connectivity index (χ2v) is 5.52. The van der Waals surface area contributed by atoms with E-state index < -0.39 is 5.60 Å². The first kappa shape index (κ1) is 15.1. The molecule has 112 valence electrons. The quantitative estimate of drug-likeness (QED) is 0.767. The number of nitrogens with one attached hydrogen (secondary N) is 1. The molecule has 1 aliphatic rings. The van der Waals surface area contributed by atoms with Crippen LogP contribution in [0.3, 0.4) is 0 Å². The van der Waals surface area contributed by atoms with Crippen LogP contribution in [0.1, 0.15) is 38.2 Å². The van der Waals surface area contributed by atoms with Gasteiger partial charge in [-0.1, -0.05) is 13.0 Å². The molecular weight excluding hydrogens is 254 g/mol. The smallest absolute Gasteiger partial charge is 0.161 e. The first-order valence-electron chi connectivity index (χ1n) is 7.40. The van der Waals surface area contributed by atoms with Crippen molar-refractivity contribution in [2.45, 2.75) is 44.8 Å². The number of hydrogen-bond acceptors (Lipinski definition) is 4. The zero-order valence-electron chi connectivity index (χ0n) is 12.4. The van der Waals surface area contributed by atoms with Crippen molar-refractivity contribution in [2.24, 2.45) is 0 Å². The number of aliphatic hydroxyl groups is 1. The van der Waals surface area contributed by atoms with Gasteiger partial charge in [0.25, 0.3) is 0 Å². The van der Waals surface area contributed by atoms with E-state index in [2.05, 4.69) is 12.2 Å². The molecule has 0 aliphatic heterocycles. The zero-order valence-corrected chi connectivity index (χ0v) is 12.4. The average molecular weight is 279 g/mol. The van der Waals surface area contributed by atoms with Crippen molar-refractivity contribution in [3.05, 3.63) is 23.8 Å². The molecule has 1 saturated carbocycles. The Morgan fingerprint density at radius 3 is 2.70 bits per heavy atom. The van der Waals surface area contributed by atoms with Gasteiger partial charge >= 0.3 is 0 Å². The largest absolute Gasteiger partial charge is 0.493 e. The molecule has 1 aromatic carbocycles. The van der Waals surface area contributed by atoms with Crippen LogP contribution in [-0.2, 0) is 6.54 Å². The Hall–Kier alpha value is -1.26. The predicted molar refractivity (Wildman–Crippen MR) is 79.3 cm³/mol. The van der Waals surface area contributed by atoms with Crippen LogP contribution in [0.4, 0.5) is 0 Å². The predicted octanol–water partition coefficient (Wildman–Crippen LogP) is 2.49. The van der Waals surface area contributed by atoms with Crippen LogP contribution in [0.25, 0.3) is 0 Å². The molecule has 0 aromatic heterocycles. The zero-order chi connectivity index (χ0) is 14.4. The monoisotopic (exact) mass is 279 g/mol. The maximum atomic E-state index is 10.0. The van der Waals surface area contributed by atoms with Crippen molar-refractivity contribution in [2.75, 3.05) is 20.3 Å². The molecule has 1 fully saturated rings. The molecule has 1 aliphatic carbocycles. The Morgan fingerprint density at radius 1 is 1.30 bits per heavy atom. The molecule has 0 spiro atoms. The van der Waals surface area contributed by atoms with Crippen molar-refractivity contribution in [1.29, 1.82) is 0 Å². The van der Waals surface area contributed by atoms with Crippen LogP contribution in [0, 0.1) is 0 Å². The first-order chi connectivity index (χ1) is 9.67. The van der Waals surface area contributed by atoms with Gasteiger partial charge in [0, 0.05) is 13.1 Å². The van der Waals surface area contributed by atoms with Gasteiger partial charge in [-0.25, -0.2) is 0 Å². The lowest BCUT2D eigenvalue weighted by molar-refractivity contribution is -0.0314. The molecule has 0 bridgehead atoms. The van der Waals surface area contributed by atoms with E-state index >= 15 is 0 Å². The molecule has 4 nitrogen and oxygen atoms in total. The van der Waals surface area contributed by atoms with Crippen molar-refractivity contribution in [3.63, 3.8) is 0 Å². The highest BCUT2D eigenvalue weighted by Gasteiger charge is 2.33. The molecule has 0 unspecified atom stereocenters. The minimum absolute atomic E-state index is 0.478. The molecule has 0 atom stereocenters. The highest BCUT2D eigenvalue weighted by molar-refractivity contribution is 5.42. The number of methoxy groups -OCH3 is 1. The topological polar surface area (TPSA) is 50.7 Å². The third-order valence-electron chi connectivity index (χ3n) is 3.76. The summed E-state index contributed by atoms with van der Waals surface area (Å²) in [5.74, 6) is 1.55. The van der Waals surface area contributed by atoms with Gasteiger partial charge in [0.05, 0.1) is 19.3 Å². The van der Waals surface area contributed by atoms with E-state index in [9.17, 15) is 5.11 Å². The molecule has 1 aromatic rings. The summed E-state index contributed by atoms with van der Waals surface area (Å²) in [5, 5.41) is 13.3. The summed E-state index contributed by atoms with van der Waals surface area (Å²) in [6.45, 7) is 4.16. The van der Waals surface area contributed by atoms with Crippen LogP contribution in [0.15, 0.2) is 18.2 Å². The van der Waals surface area contributed by atoms with Crippen molar-refractivity contribution in [3.8, 4) is 11.5 Å². The third kappa shape index (κ3) is 3.87. The van der Waals surface area contributed by atoms with Gasteiger partial charge in [0.2, 0.25) is 0 Å². The van der Waals surface area contributed by atoms with E-state index in [0.717, 1.165) is 49.3 Å². The minimum atomic E-state index is -0.478. The van der Waals surface area contributed by atoms with Crippen LogP contribution in [-0.4, -0.2) is 31.0 Å².